The van der Waals surface area contributed by atoms with Crippen LogP contribution in [0.15, 0.2) is 16.6 Å². The zero-order valence-electron chi connectivity index (χ0n) is 10.5. The van der Waals surface area contributed by atoms with Crippen molar-refractivity contribution >= 4 is 33.5 Å². The molecule has 2 nitrogen and oxygen atoms in total. The lowest BCUT2D eigenvalue weighted by atomic mass is 9.88. The molecule has 1 atom stereocenters. The van der Waals surface area contributed by atoms with Crippen molar-refractivity contribution in [1.82, 2.24) is 0 Å². The molecule has 0 fully saturated rings. The molecule has 0 saturated carbocycles. The van der Waals surface area contributed by atoms with Crippen LogP contribution in [0.3, 0.4) is 0 Å². The van der Waals surface area contributed by atoms with E-state index < -0.39 is 17.7 Å². The Morgan fingerprint density at radius 3 is 2.61 bits per heavy atom. The van der Waals surface area contributed by atoms with Gasteiger partial charge < -0.3 is 4.74 Å². The highest BCUT2D eigenvalue weighted by Crippen LogP contribution is 2.34. The van der Waals surface area contributed by atoms with Crippen molar-refractivity contribution in [2.45, 2.75) is 26.7 Å². The van der Waals surface area contributed by atoms with Gasteiger partial charge in [0.2, 0.25) is 0 Å². The number of rotatable bonds is 4. The summed E-state index contributed by atoms with van der Waals surface area (Å²) in [5.41, 5.74) is 0.275. The average Bonchev–Trinajstić information content (AvgIpc) is 2.29. The normalized spacial score (nSPS) is 12.6. The number of benzene rings is 1. The van der Waals surface area contributed by atoms with Crippen molar-refractivity contribution in [2.75, 3.05) is 6.61 Å². The molecule has 0 radical (unpaired) electrons. The van der Waals surface area contributed by atoms with Crippen LogP contribution in [0.4, 0.5) is 4.39 Å². The maximum absolute atomic E-state index is 14.1. The summed E-state index contributed by atoms with van der Waals surface area (Å²) in [7, 11) is 0. The van der Waals surface area contributed by atoms with E-state index in [1.807, 2.05) is 13.8 Å². The molecular formula is C13H15BrClFO2. The van der Waals surface area contributed by atoms with Crippen molar-refractivity contribution in [2.24, 2.45) is 5.92 Å². The predicted octanol–water partition coefficient (Wildman–Crippen LogP) is 4.54. The van der Waals surface area contributed by atoms with Crippen LogP contribution in [0.25, 0.3) is 0 Å². The monoisotopic (exact) mass is 336 g/mol. The summed E-state index contributed by atoms with van der Waals surface area (Å²) in [5.74, 6) is -1.71. The zero-order valence-corrected chi connectivity index (χ0v) is 12.8. The van der Waals surface area contributed by atoms with Gasteiger partial charge in [-0.2, -0.15) is 0 Å². The van der Waals surface area contributed by atoms with E-state index in [0.29, 0.717) is 4.47 Å². The fourth-order valence-electron chi connectivity index (χ4n) is 1.77. The second-order valence-electron chi connectivity index (χ2n) is 4.24. The molecule has 0 aliphatic carbocycles. The number of carbonyl (C=O) groups excluding carboxylic acids is 1. The van der Waals surface area contributed by atoms with Crippen molar-refractivity contribution in [3.63, 3.8) is 0 Å². The molecule has 0 heterocycles. The second-order valence-corrected chi connectivity index (χ2v) is 5.47. The third kappa shape index (κ3) is 3.23. The molecule has 0 aromatic heterocycles. The van der Waals surface area contributed by atoms with Crippen molar-refractivity contribution < 1.29 is 13.9 Å². The minimum Gasteiger partial charge on any atom is -0.466 e. The molecule has 1 aromatic carbocycles. The van der Waals surface area contributed by atoms with Crippen LogP contribution >= 0.6 is 27.5 Å². The molecule has 5 heteroatoms. The predicted molar refractivity (Wildman–Crippen MR) is 73.3 cm³/mol. The molecule has 0 saturated heterocycles. The lowest BCUT2D eigenvalue weighted by Gasteiger charge is -2.20. The van der Waals surface area contributed by atoms with Crippen molar-refractivity contribution in [3.8, 4) is 0 Å². The van der Waals surface area contributed by atoms with Crippen LogP contribution < -0.4 is 0 Å². The van der Waals surface area contributed by atoms with Gasteiger partial charge in [0, 0.05) is 10.0 Å². The molecule has 1 rings (SSSR count). The Bertz CT molecular complexity index is 449. The summed E-state index contributed by atoms with van der Waals surface area (Å²) >= 11 is 8.99. The molecule has 0 bridgehead atoms. The molecule has 0 spiro atoms. The molecule has 1 aromatic rings. The van der Waals surface area contributed by atoms with Crippen LogP contribution in [0.5, 0.6) is 0 Å². The van der Waals surface area contributed by atoms with Gasteiger partial charge in [0.15, 0.2) is 0 Å². The number of hydrogen-bond acceptors (Lipinski definition) is 2. The van der Waals surface area contributed by atoms with E-state index in [-0.39, 0.29) is 23.1 Å². The van der Waals surface area contributed by atoms with E-state index in [9.17, 15) is 9.18 Å². The van der Waals surface area contributed by atoms with Crippen LogP contribution in [0, 0.1) is 11.7 Å². The van der Waals surface area contributed by atoms with E-state index >= 15 is 0 Å². The Labute approximate surface area is 120 Å². The largest absolute Gasteiger partial charge is 0.466 e. The highest BCUT2D eigenvalue weighted by atomic mass is 79.9. The maximum atomic E-state index is 14.1. The van der Waals surface area contributed by atoms with Gasteiger partial charge in [-0.25, -0.2) is 4.39 Å². The summed E-state index contributed by atoms with van der Waals surface area (Å²) in [6.07, 6.45) is 0. The van der Waals surface area contributed by atoms with Crippen LogP contribution in [0.1, 0.15) is 32.3 Å². The Balaban J connectivity index is 3.23. The van der Waals surface area contributed by atoms with Crippen molar-refractivity contribution in [3.05, 3.63) is 33.0 Å². The zero-order chi connectivity index (χ0) is 13.9. The summed E-state index contributed by atoms with van der Waals surface area (Å²) in [6.45, 7) is 5.68. The number of carbonyl (C=O) groups is 1. The summed E-state index contributed by atoms with van der Waals surface area (Å²) < 4.78 is 19.6. The van der Waals surface area contributed by atoms with E-state index in [1.54, 1.807) is 19.1 Å². The van der Waals surface area contributed by atoms with Gasteiger partial charge in [-0.1, -0.05) is 31.5 Å². The Morgan fingerprint density at radius 1 is 1.50 bits per heavy atom. The first-order valence-electron chi connectivity index (χ1n) is 5.70. The summed E-state index contributed by atoms with van der Waals surface area (Å²) in [4.78, 5) is 11.9. The molecule has 0 aliphatic rings. The molecule has 0 N–H and O–H groups in total. The van der Waals surface area contributed by atoms with E-state index in [2.05, 4.69) is 15.9 Å². The molecule has 0 aliphatic heterocycles. The maximum Gasteiger partial charge on any atom is 0.313 e. The number of esters is 1. The van der Waals surface area contributed by atoms with Gasteiger partial charge in [0.1, 0.15) is 5.82 Å². The SMILES string of the molecule is CCOC(=O)C(c1ccc(Br)c(Cl)c1F)C(C)C. The van der Waals surface area contributed by atoms with Gasteiger partial charge in [0.05, 0.1) is 17.5 Å². The summed E-state index contributed by atoms with van der Waals surface area (Å²) in [5, 5.41) is -0.0116. The fraction of sp³-hybridized carbons (Fsp3) is 0.462. The first kappa shape index (κ1) is 15.4. The van der Waals surface area contributed by atoms with Gasteiger partial charge in [-0.05, 0) is 34.8 Å². The molecule has 1 unspecified atom stereocenters. The topological polar surface area (TPSA) is 26.3 Å². The molecule has 0 amide bonds. The third-order valence-corrected chi connectivity index (χ3v) is 3.87. The average molecular weight is 338 g/mol. The molecular weight excluding hydrogens is 322 g/mol. The number of ether oxygens (including phenoxy) is 1. The quantitative estimate of drug-likeness (QED) is 0.595. The van der Waals surface area contributed by atoms with Gasteiger partial charge >= 0.3 is 5.97 Å². The Morgan fingerprint density at radius 2 is 2.11 bits per heavy atom. The van der Waals surface area contributed by atoms with Gasteiger partial charge in [-0.3, -0.25) is 4.79 Å². The number of halogens is 3. The first-order valence-corrected chi connectivity index (χ1v) is 6.87. The lowest BCUT2D eigenvalue weighted by molar-refractivity contribution is -0.146. The van der Waals surface area contributed by atoms with Crippen LogP contribution in [-0.4, -0.2) is 12.6 Å². The second kappa shape index (κ2) is 6.53. The van der Waals surface area contributed by atoms with Gasteiger partial charge in [0.25, 0.3) is 0 Å². The Hall–Kier alpha value is -0.610. The first-order chi connectivity index (χ1) is 8.40. The highest BCUT2D eigenvalue weighted by molar-refractivity contribution is 9.10. The number of hydrogen-bond donors (Lipinski definition) is 0. The summed E-state index contributed by atoms with van der Waals surface area (Å²) in [6, 6.07) is 3.20. The van der Waals surface area contributed by atoms with Gasteiger partial charge in [-0.15, -0.1) is 0 Å². The standard InChI is InChI=1S/C13H15BrClFO2/c1-4-18-13(17)10(7(2)3)8-5-6-9(14)11(15)12(8)16/h5-7,10H,4H2,1-3H3. The minimum atomic E-state index is -0.643. The smallest absolute Gasteiger partial charge is 0.313 e. The van der Waals surface area contributed by atoms with E-state index in [0.717, 1.165) is 0 Å². The van der Waals surface area contributed by atoms with E-state index in [4.69, 9.17) is 16.3 Å². The third-order valence-electron chi connectivity index (χ3n) is 2.61. The molecule has 100 valence electrons. The fourth-order valence-corrected chi connectivity index (χ4v) is 2.25. The van der Waals surface area contributed by atoms with Crippen LogP contribution in [0.2, 0.25) is 5.02 Å². The highest BCUT2D eigenvalue weighted by Gasteiger charge is 2.29. The lowest BCUT2D eigenvalue weighted by Crippen LogP contribution is -2.22. The van der Waals surface area contributed by atoms with Crippen LogP contribution in [-0.2, 0) is 9.53 Å². The van der Waals surface area contributed by atoms with Crippen molar-refractivity contribution in [1.29, 1.82) is 0 Å². The van der Waals surface area contributed by atoms with E-state index in [1.165, 1.54) is 0 Å². The molecule has 18 heavy (non-hydrogen) atoms. The Kier molecular flexibility index (Phi) is 5.60. The minimum absolute atomic E-state index is 0.0116.